The Labute approximate surface area is 135 Å². The van der Waals surface area contributed by atoms with Crippen molar-refractivity contribution >= 4 is 11.8 Å². The minimum atomic E-state index is -1.03. The zero-order valence-corrected chi connectivity index (χ0v) is 13.8. The molecule has 1 aromatic heterocycles. The van der Waals surface area contributed by atoms with Gasteiger partial charge in [-0.15, -0.1) is 15.0 Å². The monoisotopic (exact) mass is 314 g/mol. The van der Waals surface area contributed by atoms with Crippen LogP contribution in [0, 0.1) is 19.8 Å². The molecule has 0 spiro atoms. The van der Waals surface area contributed by atoms with Crippen molar-refractivity contribution in [3.63, 3.8) is 0 Å². The number of carboxylic acid groups (broad SMARTS) is 1. The molecule has 0 saturated carbocycles. The Balaban J connectivity index is 2.02. The molecule has 1 aliphatic rings. The van der Waals surface area contributed by atoms with E-state index in [0.29, 0.717) is 11.7 Å². The number of hydrogen-bond donors (Lipinski definition) is 1. The van der Waals surface area contributed by atoms with Gasteiger partial charge in [0.2, 0.25) is 5.69 Å². The molecule has 0 aliphatic carbocycles. The molecule has 2 aromatic rings. The Morgan fingerprint density at radius 3 is 2.57 bits per heavy atom. The highest BCUT2D eigenvalue weighted by Gasteiger charge is 2.26. The SMILES string of the molecule is Cc1cccc(-n2nc(C(=O)O)c(N3CCC(C)CC3)n2)c1C. The Morgan fingerprint density at radius 2 is 1.91 bits per heavy atom. The van der Waals surface area contributed by atoms with Gasteiger partial charge in [-0.25, -0.2) is 4.79 Å². The van der Waals surface area contributed by atoms with E-state index >= 15 is 0 Å². The van der Waals surface area contributed by atoms with Gasteiger partial charge in [0.05, 0.1) is 5.69 Å². The first kappa shape index (κ1) is 15.5. The molecule has 0 radical (unpaired) electrons. The summed E-state index contributed by atoms with van der Waals surface area (Å²) in [5, 5.41) is 18.2. The predicted molar refractivity (Wildman–Crippen MR) is 88.4 cm³/mol. The van der Waals surface area contributed by atoms with E-state index in [0.717, 1.165) is 42.7 Å². The van der Waals surface area contributed by atoms with Crippen LogP contribution in [0.25, 0.3) is 5.69 Å². The molecular formula is C17H22N4O2. The van der Waals surface area contributed by atoms with Gasteiger partial charge in [-0.2, -0.15) is 0 Å². The maximum atomic E-state index is 11.6. The van der Waals surface area contributed by atoms with Crippen molar-refractivity contribution in [1.82, 2.24) is 15.0 Å². The van der Waals surface area contributed by atoms with Gasteiger partial charge in [0.1, 0.15) is 0 Å². The first-order valence-corrected chi connectivity index (χ1v) is 7.99. The molecule has 2 heterocycles. The summed E-state index contributed by atoms with van der Waals surface area (Å²) >= 11 is 0. The van der Waals surface area contributed by atoms with Gasteiger partial charge in [0.25, 0.3) is 0 Å². The van der Waals surface area contributed by atoms with E-state index in [-0.39, 0.29) is 5.69 Å². The van der Waals surface area contributed by atoms with E-state index in [2.05, 4.69) is 17.1 Å². The highest BCUT2D eigenvalue weighted by molar-refractivity contribution is 5.91. The number of nitrogens with zero attached hydrogens (tertiary/aromatic N) is 4. The third-order valence-electron chi connectivity index (χ3n) is 4.67. The van der Waals surface area contributed by atoms with Crippen molar-refractivity contribution in [3.8, 4) is 5.69 Å². The Bertz CT molecular complexity index is 730. The highest BCUT2D eigenvalue weighted by atomic mass is 16.4. The summed E-state index contributed by atoms with van der Waals surface area (Å²) in [6, 6.07) is 5.87. The predicted octanol–water partition coefficient (Wildman–Crippen LogP) is 2.82. The van der Waals surface area contributed by atoms with Gasteiger partial charge < -0.3 is 10.0 Å². The number of hydrogen-bond acceptors (Lipinski definition) is 4. The summed E-state index contributed by atoms with van der Waals surface area (Å²) in [6.07, 6.45) is 2.10. The van der Waals surface area contributed by atoms with E-state index < -0.39 is 5.97 Å². The van der Waals surface area contributed by atoms with Crippen LogP contribution in [0.5, 0.6) is 0 Å². The van der Waals surface area contributed by atoms with E-state index in [1.807, 2.05) is 36.9 Å². The number of aromatic nitrogens is 3. The molecule has 0 bridgehead atoms. The van der Waals surface area contributed by atoms with E-state index in [9.17, 15) is 9.90 Å². The molecule has 3 rings (SSSR count). The summed E-state index contributed by atoms with van der Waals surface area (Å²) in [7, 11) is 0. The molecule has 1 fully saturated rings. The van der Waals surface area contributed by atoms with E-state index in [1.54, 1.807) is 0 Å². The fraction of sp³-hybridized carbons (Fsp3) is 0.471. The van der Waals surface area contributed by atoms with Gasteiger partial charge in [0, 0.05) is 13.1 Å². The quantitative estimate of drug-likeness (QED) is 0.943. The Hall–Kier alpha value is -2.37. The van der Waals surface area contributed by atoms with Crippen molar-refractivity contribution < 1.29 is 9.90 Å². The second-order valence-corrected chi connectivity index (χ2v) is 6.36. The Kier molecular flexibility index (Phi) is 4.07. The van der Waals surface area contributed by atoms with Crippen molar-refractivity contribution in [2.75, 3.05) is 18.0 Å². The first-order chi connectivity index (χ1) is 11.0. The molecule has 1 N–H and O–H groups in total. The fourth-order valence-electron chi connectivity index (χ4n) is 2.93. The first-order valence-electron chi connectivity index (χ1n) is 7.99. The number of benzene rings is 1. The van der Waals surface area contributed by atoms with Crippen LogP contribution in [0.1, 0.15) is 41.4 Å². The lowest BCUT2D eigenvalue weighted by molar-refractivity contribution is 0.0690. The van der Waals surface area contributed by atoms with Crippen LogP contribution in [0.4, 0.5) is 5.82 Å². The molecule has 122 valence electrons. The zero-order valence-electron chi connectivity index (χ0n) is 13.8. The third kappa shape index (κ3) is 2.93. The maximum Gasteiger partial charge on any atom is 0.360 e. The molecule has 1 aliphatic heterocycles. The van der Waals surface area contributed by atoms with Crippen molar-refractivity contribution in [3.05, 3.63) is 35.0 Å². The molecule has 0 amide bonds. The van der Waals surface area contributed by atoms with Crippen molar-refractivity contribution in [2.45, 2.75) is 33.6 Å². The molecule has 1 aromatic carbocycles. The number of anilines is 1. The van der Waals surface area contributed by atoms with Crippen LogP contribution in [0.3, 0.4) is 0 Å². The molecule has 0 unspecified atom stereocenters. The minimum absolute atomic E-state index is 0.0282. The van der Waals surface area contributed by atoms with E-state index in [1.165, 1.54) is 4.80 Å². The van der Waals surface area contributed by atoms with Crippen LogP contribution in [0.2, 0.25) is 0 Å². The number of rotatable bonds is 3. The summed E-state index contributed by atoms with van der Waals surface area (Å²) in [4.78, 5) is 15.1. The smallest absolute Gasteiger partial charge is 0.360 e. The van der Waals surface area contributed by atoms with Gasteiger partial charge in [-0.05, 0) is 49.8 Å². The van der Waals surface area contributed by atoms with Gasteiger partial charge in [-0.1, -0.05) is 19.1 Å². The number of carboxylic acids is 1. The highest BCUT2D eigenvalue weighted by Crippen LogP contribution is 2.25. The van der Waals surface area contributed by atoms with Crippen LogP contribution < -0.4 is 4.90 Å². The molecule has 6 heteroatoms. The molecule has 0 atom stereocenters. The van der Waals surface area contributed by atoms with Crippen LogP contribution in [-0.4, -0.2) is 39.2 Å². The summed E-state index contributed by atoms with van der Waals surface area (Å²) in [5.41, 5.74) is 3.04. The summed E-state index contributed by atoms with van der Waals surface area (Å²) < 4.78 is 0. The largest absolute Gasteiger partial charge is 0.476 e. The summed E-state index contributed by atoms with van der Waals surface area (Å²) in [6.45, 7) is 7.90. The third-order valence-corrected chi connectivity index (χ3v) is 4.67. The zero-order chi connectivity index (χ0) is 16.6. The normalized spacial score (nSPS) is 15.9. The number of piperidine rings is 1. The van der Waals surface area contributed by atoms with Crippen LogP contribution in [0.15, 0.2) is 18.2 Å². The second-order valence-electron chi connectivity index (χ2n) is 6.36. The maximum absolute atomic E-state index is 11.6. The number of aryl methyl sites for hydroxylation is 1. The number of aromatic carboxylic acids is 1. The van der Waals surface area contributed by atoms with Gasteiger partial charge >= 0.3 is 5.97 Å². The van der Waals surface area contributed by atoms with Crippen LogP contribution >= 0.6 is 0 Å². The van der Waals surface area contributed by atoms with Crippen molar-refractivity contribution in [1.29, 1.82) is 0 Å². The lowest BCUT2D eigenvalue weighted by Gasteiger charge is -2.30. The van der Waals surface area contributed by atoms with Crippen molar-refractivity contribution in [2.24, 2.45) is 5.92 Å². The minimum Gasteiger partial charge on any atom is -0.476 e. The van der Waals surface area contributed by atoms with Crippen LogP contribution in [-0.2, 0) is 0 Å². The number of carbonyl (C=O) groups is 1. The van der Waals surface area contributed by atoms with E-state index in [4.69, 9.17) is 0 Å². The molecule has 1 saturated heterocycles. The average Bonchev–Trinajstić information content (AvgIpc) is 2.96. The lowest BCUT2D eigenvalue weighted by Crippen LogP contribution is -2.34. The molecule has 6 nitrogen and oxygen atoms in total. The summed E-state index contributed by atoms with van der Waals surface area (Å²) in [5.74, 6) is 0.120. The fourth-order valence-corrected chi connectivity index (χ4v) is 2.93. The molecular weight excluding hydrogens is 292 g/mol. The second kappa shape index (κ2) is 6.02. The molecule has 23 heavy (non-hydrogen) atoms. The van der Waals surface area contributed by atoms with Gasteiger partial charge in [0.15, 0.2) is 5.82 Å². The van der Waals surface area contributed by atoms with Gasteiger partial charge in [-0.3, -0.25) is 0 Å². The topological polar surface area (TPSA) is 71.2 Å². The Morgan fingerprint density at radius 1 is 1.22 bits per heavy atom. The standard InChI is InChI=1S/C17H22N4O2/c1-11-7-9-20(10-8-11)16-15(17(22)23)18-21(19-16)14-6-4-5-12(2)13(14)3/h4-6,11H,7-10H2,1-3H3,(H,22,23). The lowest BCUT2D eigenvalue weighted by atomic mass is 9.99. The average molecular weight is 314 g/mol.